The number of esters is 1. The lowest BCUT2D eigenvalue weighted by Gasteiger charge is -2.15. The largest absolute Gasteiger partial charge is 0.480 e. The van der Waals surface area contributed by atoms with Gasteiger partial charge in [-0.2, -0.15) is 0 Å². The fourth-order valence-electron chi connectivity index (χ4n) is 1.31. The topological polar surface area (TPSA) is 63.6 Å². The predicted molar refractivity (Wildman–Crippen MR) is 86.1 cm³/mol. The number of ether oxygens (including phenoxy) is 1. The van der Waals surface area contributed by atoms with Crippen molar-refractivity contribution in [3.63, 3.8) is 0 Å². The monoisotopic (exact) mass is 330 g/mol. The van der Waals surface area contributed by atoms with E-state index in [-0.39, 0.29) is 0 Å². The number of aliphatic carboxylic acids is 1. The zero-order valence-corrected chi connectivity index (χ0v) is 13.4. The van der Waals surface area contributed by atoms with E-state index in [1.165, 1.54) is 7.11 Å². The summed E-state index contributed by atoms with van der Waals surface area (Å²) in [6, 6.07) is 9.11. The highest BCUT2D eigenvalue weighted by Crippen LogP contribution is 2.35. The Balaban J connectivity index is 2.79. The minimum atomic E-state index is -0.938. The summed E-state index contributed by atoms with van der Waals surface area (Å²) in [5.41, 5.74) is 0.773. The minimum Gasteiger partial charge on any atom is -0.480 e. The Morgan fingerprint density at radius 2 is 1.85 bits per heavy atom. The van der Waals surface area contributed by atoms with Crippen molar-refractivity contribution in [2.75, 3.05) is 7.11 Å². The number of hydrogen-bond donors (Lipinski definition) is 1. The summed E-state index contributed by atoms with van der Waals surface area (Å²) in [6.07, 6.45) is 0. The molecule has 0 saturated heterocycles. The molecule has 0 bridgehead atoms. The van der Waals surface area contributed by atoms with Crippen molar-refractivity contribution >= 4 is 51.2 Å². The van der Waals surface area contributed by atoms with Gasteiger partial charge in [0.25, 0.3) is 0 Å². The molecule has 0 spiro atoms. The smallest absolute Gasteiger partial charge is 0.323 e. The Morgan fingerprint density at radius 3 is 2.35 bits per heavy atom. The molecule has 0 aliphatic heterocycles. The molecule has 20 heavy (non-hydrogen) atoms. The predicted octanol–water partition coefficient (Wildman–Crippen LogP) is 3.13. The Morgan fingerprint density at radius 1 is 1.25 bits per heavy atom. The summed E-state index contributed by atoms with van der Waals surface area (Å²) in [6.45, 7) is 1.55. The van der Waals surface area contributed by atoms with E-state index in [2.05, 4.69) is 0 Å². The molecule has 0 aliphatic carbocycles. The van der Waals surface area contributed by atoms with Gasteiger partial charge >= 0.3 is 11.9 Å². The number of hydrogen-bond acceptors (Lipinski definition) is 6. The van der Waals surface area contributed by atoms with Gasteiger partial charge in [0.1, 0.15) is 14.0 Å². The van der Waals surface area contributed by atoms with Crippen LogP contribution in [0.5, 0.6) is 0 Å². The number of carbonyl (C=O) groups is 2. The van der Waals surface area contributed by atoms with Gasteiger partial charge in [-0.15, -0.1) is 0 Å². The van der Waals surface area contributed by atoms with Crippen LogP contribution in [0.4, 0.5) is 0 Å². The highest BCUT2D eigenvalue weighted by molar-refractivity contribution is 8.47. The second-order valence-corrected chi connectivity index (χ2v) is 7.43. The van der Waals surface area contributed by atoms with Gasteiger partial charge in [0.15, 0.2) is 0 Å². The summed E-state index contributed by atoms with van der Waals surface area (Å²) in [7, 11) is 1.31. The quantitative estimate of drug-likeness (QED) is 0.657. The molecule has 4 nitrogen and oxygen atoms in total. The highest BCUT2D eigenvalue weighted by Gasteiger charge is 2.25. The normalized spacial score (nSPS) is 13.3. The molecule has 108 valence electrons. The first kappa shape index (κ1) is 17.0. The van der Waals surface area contributed by atoms with Gasteiger partial charge in [0, 0.05) is 0 Å². The Bertz CT molecular complexity index is 490. The minimum absolute atomic E-state index is 0.402. The molecule has 0 saturated carbocycles. The molecule has 0 radical (unpaired) electrons. The third kappa shape index (κ3) is 5.15. The van der Waals surface area contributed by atoms with Crippen LogP contribution in [0.2, 0.25) is 0 Å². The number of carbonyl (C=O) groups excluding carboxylic acids is 1. The van der Waals surface area contributed by atoms with Gasteiger partial charge in [-0.3, -0.25) is 9.59 Å². The molecule has 0 aromatic heterocycles. The third-order valence-electron chi connectivity index (χ3n) is 2.35. The van der Waals surface area contributed by atoms with Gasteiger partial charge in [0.05, 0.1) is 7.11 Å². The molecule has 0 fully saturated rings. The van der Waals surface area contributed by atoms with E-state index in [1.54, 1.807) is 6.92 Å². The van der Waals surface area contributed by atoms with Gasteiger partial charge in [-0.25, -0.2) is 0 Å². The van der Waals surface area contributed by atoms with Crippen molar-refractivity contribution < 1.29 is 19.4 Å². The molecule has 2 unspecified atom stereocenters. The van der Waals surface area contributed by atoms with Gasteiger partial charge in [-0.1, -0.05) is 66.1 Å². The average Bonchev–Trinajstić information content (AvgIpc) is 2.44. The molecule has 1 N–H and O–H groups in total. The van der Waals surface area contributed by atoms with Crippen LogP contribution in [-0.4, -0.2) is 32.9 Å². The van der Waals surface area contributed by atoms with E-state index < -0.39 is 22.4 Å². The maximum Gasteiger partial charge on any atom is 0.323 e. The maximum absolute atomic E-state index is 11.8. The van der Waals surface area contributed by atoms with Crippen molar-refractivity contribution in [3.8, 4) is 0 Å². The molecular weight excluding hydrogens is 316 g/mol. The fraction of sp³-hybridized carbons (Fsp3) is 0.308. The first-order valence-electron chi connectivity index (χ1n) is 5.68. The molecule has 0 heterocycles. The molecule has 2 atom stereocenters. The molecule has 1 rings (SSSR count). The van der Waals surface area contributed by atoms with E-state index >= 15 is 0 Å². The van der Waals surface area contributed by atoms with Crippen LogP contribution >= 0.6 is 35.7 Å². The number of thiocarbonyl (C=S) groups is 1. The fourth-order valence-corrected chi connectivity index (χ4v) is 4.04. The molecule has 0 amide bonds. The molecule has 1 aromatic carbocycles. The number of benzene rings is 1. The van der Waals surface area contributed by atoms with Gasteiger partial charge < -0.3 is 9.84 Å². The van der Waals surface area contributed by atoms with Crippen LogP contribution < -0.4 is 0 Å². The van der Waals surface area contributed by atoms with Crippen LogP contribution in [0.25, 0.3) is 0 Å². The summed E-state index contributed by atoms with van der Waals surface area (Å²) in [4.78, 5) is 22.6. The van der Waals surface area contributed by atoms with E-state index in [0.717, 1.165) is 29.1 Å². The Labute approximate surface area is 131 Å². The third-order valence-corrected chi connectivity index (χ3v) is 5.15. The standard InChI is InChI=1S/C13H14O4S3/c1-8(11(14)15)19-13(18)20-10(12(16)17-2)9-6-4-3-5-7-9/h3-8,10H,1-2H3,(H,14,15). The maximum atomic E-state index is 11.8. The van der Waals surface area contributed by atoms with E-state index in [4.69, 9.17) is 22.1 Å². The van der Waals surface area contributed by atoms with E-state index in [1.807, 2.05) is 30.3 Å². The molecule has 1 aromatic rings. The summed E-state index contributed by atoms with van der Waals surface area (Å²) in [5.74, 6) is -1.35. The lowest BCUT2D eigenvalue weighted by atomic mass is 10.1. The van der Waals surface area contributed by atoms with Gasteiger partial charge in [-0.05, 0) is 12.5 Å². The Kier molecular flexibility index (Phi) is 7.04. The number of rotatable bonds is 5. The average molecular weight is 330 g/mol. The lowest BCUT2D eigenvalue weighted by Crippen LogP contribution is -2.15. The second-order valence-electron chi connectivity index (χ2n) is 3.78. The SMILES string of the molecule is COC(=O)C(SC(=S)SC(C)C(=O)O)c1ccccc1. The van der Waals surface area contributed by atoms with Crippen LogP contribution in [-0.2, 0) is 14.3 Å². The molecular formula is C13H14O4S3. The number of carboxylic acid groups (broad SMARTS) is 1. The molecule has 7 heteroatoms. The first-order valence-corrected chi connectivity index (χ1v) is 7.85. The zero-order valence-electron chi connectivity index (χ0n) is 10.9. The van der Waals surface area contributed by atoms with Crippen molar-refractivity contribution in [2.24, 2.45) is 0 Å². The molecule has 0 aliphatic rings. The summed E-state index contributed by atoms with van der Waals surface area (Å²) >= 11 is 7.33. The van der Waals surface area contributed by atoms with Crippen molar-refractivity contribution in [2.45, 2.75) is 17.4 Å². The van der Waals surface area contributed by atoms with Crippen LogP contribution in [0.15, 0.2) is 30.3 Å². The number of thioether (sulfide) groups is 2. The van der Waals surface area contributed by atoms with E-state index in [0.29, 0.717) is 3.53 Å². The van der Waals surface area contributed by atoms with Crippen LogP contribution in [0.1, 0.15) is 17.7 Å². The summed E-state index contributed by atoms with van der Waals surface area (Å²) in [5, 5.41) is 7.63. The van der Waals surface area contributed by atoms with Crippen molar-refractivity contribution in [1.29, 1.82) is 0 Å². The van der Waals surface area contributed by atoms with Crippen molar-refractivity contribution in [3.05, 3.63) is 35.9 Å². The van der Waals surface area contributed by atoms with E-state index in [9.17, 15) is 9.59 Å². The number of methoxy groups -OCH3 is 1. The highest BCUT2D eigenvalue weighted by atomic mass is 32.2. The zero-order chi connectivity index (χ0) is 15.1. The van der Waals surface area contributed by atoms with Crippen LogP contribution in [0, 0.1) is 0 Å². The second kappa shape index (κ2) is 8.28. The Hall–Kier alpha value is -1.05. The number of carboxylic acids is 1. The van der Waals surface area contributed by atoms with Gasteiger partial charge in [0.2, 0.25) is 0 Å². The lowest BCUT2D eigenvalue weighted by molar-refractivity contribution is -0.140. The van der Waals surface area contributed by atoms with Crippen LogP contribution in [0.3, 0.4) is 0 Å². The summed E-state index contributed by atoms with van der Waals surface area (Å²) < 4.78 is 5.18. The first-order chi connectivity index (χ1) is 9.45. The van der Waals surface area contributed by atoms with Crippen molar-refractivity contribution in [1.82, 2.24) is 0 Å².